The molecule has 7 nitrogen and oxygen atoms in total. The lowest BCUT2D eigenvalue weighted by Gasteiger charge is -2.38. The Hall–Kier alpha value is -2.90. The Balaban J connectivity index is 1.67. The van der Waals surface area contributed by atoms with Gasteiger partial charge in [-0.05, 0) is 42.7 Å². The van der Waals surface area contributed by atoms with E-state index in [9.17, 15) is 19.5 Å². The van der Waals surface area contributed by atoms with Crippen molar-refractivity contribution in [3.8, 4) is 0 Å². The molecule has 30 heavy (non-hydrogen) atoms. The van der Waals surface area contributed by atoms with Gasteiger partial charge in [0, 0.05) is 24.5 Å². The van der Waals surface area contributed by atoms with Gasteiger partial charge < -0.3 is 20.4 Å². The number of likely N-dealkylation sites (tertiary alicyclic amines) is 1. The third kappa shape index (κ3) is 5.17. The number of piperidine rings is 1. The molecule has 2 aromatic carbocycles. The number of para-hydroxylation sites is 1. The summed E-state index contributed by atoms with van der Waals surface area (Å²) in [5.74, 6) is -1.77. The average molecular weight is 431 g/mol. The number of aliphatic hydroxyl groups is 1. The Labute approximate surface area is 179 Å². The Bertz CT molecular complexity index is 937. The van der Waals surface area contributed by atoms with Crippen molar-refractivity contribution in [3.05, 3.63) is 64.7 Å². The van der Waals surface area contributed by atoms with Gasteiger partial charge in [-0.15, -0.1) is 0 Å². The summed E-state index contributed by atoms with van der Waals surface area (Å²) < 4.78 is 0. The normalized spacial score (nSPS) is 15.5. The molecule has 0 aromatic heterocycles. The second-order valence-electron chi connectivity index (χ2n) is 7.32. The molecule has 0 spiro atoms. The Morgan fingerprint density at radius 3 is 2.27 bits per heavy atom. The fourth-order valence-corrected chi connectivity index (χ4v) is 3.64. The van der Waals surface area contributed by atoms with Crippen molar-refractivity contribution in [1.29, 1.82) is 0 Å². The lowest BCUT2D eigenvalue weighted by atomic mass is 9.84. The number of carbonyl (C=O) groups is 3. The summed E-state index contributed by atoms with van der Waals surface area (Å²) in [6.45, 7) is 0.721. The molecule has 0 saturated carbocycles. The van der Waals surface area contributed by atoms with Crippen LogP contribution in [-0.4, -0.2) is 46.0 Å². The highest BCUT2D eigenvalue weighted by Gasteiger charge is 2.36. The zero-order valence-corrected chi connectivity index (χ0v) is 17.1. The van der Waals surface area contributed by atoms with E-state index in [1.165, 1.54) is 0 Å². The minimum atomic E-state index is -1.06. The zero-order valence-electron chi connectivity index (χ0n) is 16.3. The minimum Gasteiger partial charge on any atom is -0.481 e. The summed E-state index contributed by atoms with van der Waals surface area (Å²) in [7, 11) is 0. The second-order valence-corrected chi connectivity index (χ2v) is 7.75. The molecule has 2 amide bonds. The van der Waals surface area contributed by atoms with E-state index in [1.54, 1.807) is 53.4 Å². The van der Waals surface area contributed by atoms with Crippen LogP contribution in [-0.2, 0) is 15.2 Å². The number of aliphatic carboxylic acids is 1. The van der Waals surface area contributed by atoms with Gasteiger partial charge in [-0.25, -0.2) is 0 Å². The summed E-state index contributed by atoms with van der Waals surface area (Å²) in [6, 6.07) is 13.7. The number of carboxylic acids is 1. The molecule has 1 aliphatic rings. The SMILES string of the molecule is O=C(O)CCC(=O)Nc1ccccc1C(=O)N1CCC(O)(c2ccc(Cl)cc2)CC1. The third-order valence-corrected chi connectivity index (χ3v) is 5.51. The average Bonchev–Trinajstić information content (AvgIpc) is 2.73. The Kier molecular flexibility index (Phi) is 6.74. The van der Waals surface area contributed by atoms with Crippen LogP contribution in [0.1, 0.15) is 41.6 Å². The van der Waals surface area contributed by atoms with Crippen LogP contribution in [0.15, 0.2) is 48.5 Å². The monoisotopic (exact) mass is 430 g/mol. The van der Waals surface area contributed by atoms with E-state index >= 15 is 0 Å². The lowest BCUT2D eigenvalue weighted by Crippen LogP contribution is -2.45. The number of hydrogen-bond acceptors (Lipinski definition) is 4. The Morgan fingerprint density at radius 1 is 1.00 bits per heavy atom. The van der Waals surface area contributed by atoms with Crippen molar-refractivity contribution >= 4 is 35.1 Å². The smallest absolute Gasteiger partial charge is 0.303 e. The third-order valence-electron chi connectivity index (χ3n) is 5.26. The highest BCUT2D eigenvalue weighted by Crippen LogP contribution is 2.34. The highest BCUT2D eigenvalue weighted by atomic mass is 35.5. The van der Waals surface area contributed by atoms with Gasteiger partial charge >= 0.3 is 5.97 Å². The number of carboxylic acid groups (broad SMARTS) is 1. The molecule has 0 unspecified atom stereocenters. The quantitative estimate of drug-likeness (QED) is 0.652. The van der Waals surface area contributed by atoms with Crippen LogP contribution in [0.3, 0.4) is 0 Å². The number of hydrogen-bond donors (Lipinski definition) is 3. The maximum absolute atomic E-state index is 13.0. The molecule has 0 atom stereocenters. The largest absolute Gasteiger partial charge is 0.481 e. The zero-order chi connectivity index (χ0) is 21.7. The molecular weight excluding hydrogens is 408 g/mol. The first kappa shape index (κ1) is 21.8. The first-order valence-electron chi connectivity index (χ1n) is 9.67. The van der Waals surface area contributed by atoms with Gasteiger partial charge in [0.1, 0.15) is 0 Å². The standard InChI is InChI=1S/C22H23ClN2O5/c23-16-7-5-15(6-8-16)22(30)11-13-25(14-12-22)21(29)17-3-1-2-4-18(17)24-19(26)9-10-20(27)28/h1-8,30H,9-14H2,(H,24,26)(H,27,28). The van der Waals surface area contributed by atoms with Gasteiger partial charge in [-0.2, -0.15) is 0 Å². The number of carbonyl (C=O) groups excluding carboxylic acids is 2. The minimum absolute atomic E-state index is 0.171. The van der Waals surface area contributed by atoms with Crippen molar-refractivity contribution < 1.29 is 24.6 Å². The number of anilines is 1. The molecule has 0 aliphatic carbocycles. The number of nitrogens with zero attached hydrogens (tertiary/aromatic N) is 1. The summed E-state index contributed by atoms with van der Waals surface area (Å²) in [6.07, 6.45) is 0.314. The summed E-state index contributed by atoms with van der Waals surface area (Å²) >= 11 is 5.92. The molecule has 1 saturated heterocycles. The molecule has 1 heterocycles. The molecule has 1 fully saturated rings. The van der Waals surface area contributed by atoms with Crippen LogP contribution in [0, 0.1) is 0 Å². The molecule has 1 aliphatic heterocycles. The summed E-state index contributed by atoms with van der Waals surface area (Å²) in [5.41, 5.74) is 0.422. The predicted octanol–water partition coefficient (Wildman–Crippen LogP) is 3.27. The first-order valence-corrected chi connectivity index (χ1v) is 10.0. The van der Waals surface area contributed by atoms with Crippen molar-refractivity contribution in [2.24, 2.45) is 0 Å². The van der Waals surface area contributed by atoms with Gasteiger partial charge in [0.15, 0.2) is 0 Å². The summed E-state index contributed by atoms with van der Waals surface area (Å²) in [4.78, 5) is 37.3. The first-order chi connectivity index (χ1) is 14.3. The molecular formula is C22H23ClN2O5. The molecule has 0 radical (unpaired) electrons. The van der Waals surface area contributed by atoms with Crippen molar-refractivity contribution in [3.63, 3.8) is 0 Å². The van der Waals surface area contributed by atoms with Gasteiger partial charge in [0.25, 0.3) is 5.91 Å². The van der Waals surface area contributed by atoms with E-state index in [0.29, 0.717) is 42.2 Å². The maximum Gasteiger partial charge on any atom is 0.303 e. The second kappa shape index (κ2) is 9.28. The molecule has 0 bridgehead atoms. The van der Waals surface area contributed by atoms with Crippen molar-refractivity contribution in [2.45, 2.75) is 31.3 Å². The van der Waals surface area contributed by atoms with E-state index in [0.717, 1.165) is 5.56 Å². The van der Waals surface area contributed by atoms with Gasteiger partial charge in [-0.1, -0.05) is 35.9 Å². The van der Waals surface area contributed by atoms with Crippen LogP contribution in [0.2, 0.25) is 5.02 Å². The highest BCUT2D eigenvalue weighted by molar-refractivity contribution is 6.30. The maximum atomic E-state index is 13.0. The van der Waals surface area contributed by atoms with Crippen LogP contribution >= 0.6 is 11.6 Å². The number of amides is 2. The molecule has 8 heteroatoms. The van der Waals surface area contributed by atoms with Crippen molar-refractivity contribution in [1.82, 2.24) is 4.90 Å². The van der Waals surface area contributed by atoms with Crippen molar-refractivity contribution in [2.75, 3.05) is 18.4 Å². The van der Waals surface area contributed by atoms with E-state index in [2.05, 4.69) is 5.32 Å². The van der Waals surface area contributed by atoms with Crippen LogP contribution in [0.25, 0.3) is 0 Å². The number of nitrogens with one attached hydrogen (secondary N) is 1. The van der Waals surface area contributed by atoms with E-state index in [-0.39, 0.29) is 18.7 Å². The molecule has 2 aromatic rings. The fraction of sp³-hybridized carbons (Fsp3) is 0.318. The van der Waals surface area contributed by atoms with E-state index < -0.39 is 17.5 Å². The fourth-order valence-electron chi connectivity index (χ4n) is 3.51. The van der Waals surface area contributed by atoms with Gasteiger partial charge in [0.2, 0.25) is 5.91 Å². The van der Waals surface area contributed by atoms with Crippen LogP contribution in [0.5, 0.6) is 0 Å². The van der Waals surface area contributed by atoms with Gasteiger partial charge in [-0.3, -0.25) is 14.4 Å². The predicted molar refractivity (Wildman–Crippen MR) is 112 cm³/mol. The molecule has 3 rings (SSSR count). The summed E-state index contributed by atoms with van der Waals surface area (Å²) in [5, 5.41) is 22.9. The Morgan fingerprint density at radius 2 is 1.63 bits per heavy atom. The molecule has 158 valence electrons. The van der Waals surface area contributed by atoms with Gasteiger partial charge in [0.05, 0.1) is 23.3 Å². The lowest BCUT2D eigenvalue weighted by molar-refractivity contribution is -0.138. The topological polar surface area (TPSA) is 107 Å². The number of halogens is 1. The number of rotatable bonds is 6. The van der Waals surface area contributed by atoms with E-state index in [4.69, 9.17) is 16.7 Å². The van der Waals surface area contributed by atoms with E-state index in [1.807, 2.05) is 0 Å². The number of benzene rings is 2. The molecule has 3 N–H and O–H groups in total. The van der Waals surface area contributed by atoms with Crippen LogP contribution in [0.4, 0.5) is 5.69 Å². The van der Waals surface area contributed by atoms with Crippen LogP contribution < -0.4 is 5.32 Å².